The van der Waals surface area contributed by atoms with Gasteiger partial charge in [-0.2, -0.15) is 0 Å². The predicted molar refractivity (Wildman–Crippen MR) is 143 cm³/mol. The minimum absolute atomic E-state index is 0.0220. The molecule has 37 heavy (non-hydrogen) atoms. The van der Waals surface area contributed by atoms with E-state index in [1.54, 1.807) is 31.4 Å². The van der Waals surface area contributed by atoms with Crippen molar-refractivity contribution in [3.8, 4) is 5.75 Å². The van der Waals surface area contributed by atoms with Crippen molar-refractivity contribution in [1.29, 1.82) is 0 Å². The highest BCUT2D eigenvalue weighted by Gasteiger charge is 2.80. The SMILES string of the molecule is CC[C@@]12C(=O)[C@@](CC)(C(c3ccccc3)=C1c1ccccc1)[C@H]1C(=O)N(c3ccc(OC)cc3)C(=O)[C@H]12. The Kier molecular flexibility index (Phi) is 5.23. The molecule has 0 N–H and O–H groups in total. The van der Waals surface area contributed by atoms with Crippen LogP contribution >= 0.6 is 0 Å². The first-order valence-electron chi connectivity index (χ1n) is 12.9. The summed E-state index contributed by atoms with van der Waals surface area (Å²) in [6.45, 7) is 3.96. The number of hydrogen-bond donors (Lipinski definition) is 0. The summed E-state index contributed by atoms with van der Waals surface area (Å²) in [4.78, 5) is 44.5. The normalized spacial score (nSPS) is 28.3. The third-order valence-electron chi connectivity index (χ3n) is 8.89. The summed E-state index contributed by atoms with van der Waals surface area (Å²) in [5.41, 5.74) is 2.07. The van der Waals surface area contributed by atoms with Gasteiger partial charge in [0, 0.05) is 0 Å². The van der Waals surface area contributed by atoms with Crippen LogP contribution in [0.15, 0.2) is 84.9 Å². The van der Waals surface area contributed by atoms with Crippen molar-refractivity contribution in [1.82, 2.24) is 0 Å². The maximum Gasteiger partial charge on any atom is 0.239 e. The number of Topliss-reactive ketones (excluding diaryl/α,β-unsaturated/α-hetero) is 1. The number of rotatable bonds is 6. The number of nitrogens with zero attached hydrogens (tertiary/aromatic N) is 1. The average Bonchev–Trinajstić information content (AvgIpc) is 3.45. The Labute approximate surface area is 216 Å². The monoisotopic (exact) mass is 491 g/mol. The average molecular weight is 492 g/mol. The van der Waals surface area contributed by atoms with Crippen molar-refractivity contribution in [3.05, 3.63) is 96.1 Å². The lowest BCUT2D eigenvalue weighted by Crippen LogP contribution is -2.41. The van der Waals surface area contributed by atoms with Gasteiger partial charge in [0.25, 0.3) is 0 Å². The van der Waals surface area contributed by atoms with Gasteiger partial charge in [-0.1, -0.05) is 74.5 Å². The Balaban J connectivity index is 1.64. The van der Waals surface area contributed by atoms with Crippen LogP contribution in [0.1, 0.15) is 37.8 Å². The number of allylic oxidation sites excluding steroid dienone is 2. The van der Waals surface area contributed by atoms with E-state index in [2.05, 4.69) is 0 Å². The van der Waals surface area contributed by atoms with E-state index in [4.69, 9.17) is 4.74 Å². The lowest BCUT2D eigenvalue weighted by atomic mass is 9.60. The minimum atomic E-state index is -1.07. The molecule has 0 spiro atoms. The first-order valence-corrected chi connectivity index (χ1v) is 12.9. The van der Waals surface area contributed by atoms with Gasteiger partial charge in [0.2, 0.25) is 11.8 Å². The summed E-state index contributed by atoms with van der Waals surface area (Å²) in [5, 5.41) is 0. The molecule has 0 aromatic heterocycles. The Bertz CT molecular complexity index is 1360. The van der Waals surface area contributed by atoms with Crippen LogP contribution < -0.4 is 9.64 Å². The molecule has 3 aromatic carbocycles. The topological polar surface area (TPSA) is 63.7 Å². The number of ketones is 1. The number of fused-ring (bicyclic) bond motifs is 5. The van der Waals surface area contributed by atoms with Crippen molar-refractivity contribution in [3.63, 3.8) is 0 Å². The molecule has 5 nitrogen and oxygen atoms in total. The van der Waals surface area contributed by atoms with Crippen LogP contribution in [0.25, 0.3) is 11.1 Å². The standard InChI is InChI=1S/C32H29NO4/c1-4-31-24(20-12-8-6-9-13-20)25(21-14-10-7-11-15-21)32(5-2,30(31)36)27-26(31)28(34)33(29(27)35)22-16-18-23(37-3)19-17-22/h6-19,26-27H,4-5H2,1-3H3/t26-,27+,31+,32-. The van der Waals surface area contributed by atoms with Gasteiger partial charge < -0.3 is 4.74 Å². The molecule has 1 saturated carbocycles. The van der Waals surface area contributed by atoms with Gasteiger partial charge >= 0.3 is 0 Å². The summed E-state index contributed by atoms with van der Waals surface area (Å²) in [6.07, 6.45) is 0.898. The summed E-state index contributed by atoms with van der Waals surface area (Å²) < 4.78 is 5.27. The zero-order valence-corrected chi connectivity index (χ0v) is 21.2. The van der Waals surface area contributed by atoms with E-state index in [1.165, 1.54) is 4.90 Å². The Morgan fingerprint density at radius 3 is 1.49 bits per heavy atom. The van der Waals surface area contributed by atoms with E-state index >= 15 is 0 Å². The molecule has 3 aliphatic rings. The lowest BCUT2D eigenvalue weighted by molar-refractivity contribution is -0.134. The zero-order chi connectivity index (χ0) is 25.9. The van der Waals surface area contributed by atoms with Crippen LogP contribution in [0.4, 0.5) is 5.69 Å². The van der Waals surface area contributed by atoms with Gasteiger partial charge in [-0.25, -0.2) is 4.90 Å². The smallest absolute Gasteiger partial charge is 0.239 e. The van der Waals surface area contributed by atoms with Crippen molar-refractivity contribution >= 4 is 34.4 Å². The van der Waals surface area contributed by atoms with Gasteiger partial charge in [0.05, 0.1) is 35.5 Å². The molecule has 2 bridgehead atoms. The van der Waals surface area contributed by atoms with Crippen molar-refractivity contribution < 1.29 is 19.1 Å². The third kappa shape index (κ3) is 2.77. The number of anilines is 1. The van der Waals surface area contributed by atoms with Gasteiger partial charge in [-0.3, -0.25) is 14.4 Å². The van der Waals surface area contributed by atoms with Crippen LogP contribution in [-0.2, 0) is 14.4 Å². The molecule has 3 aromatic rings. The lowest BCUT2D eigenvalue weighted by Gasteiger charge is -2.38. The molecular weight excluding hydrogens is 462 g/mol. The molecule has 186 valence electrons. The van der Waals surface area contributed by atoms with Crippen LogP contribution in [0.3, 0.4) is 0 Å². The maximum absolute atomic E-state index is 14.7. The van der Waals surface area contributed by atoms with Crippen LogP contribution in [0.2, 0.25) is 0 Å². The summed E-state index contributed by atoms with van der Waals surface area (Å²) in [7, 11) is 1.58. The molecule has 0 radical (unpaired) electrons. The van der Waals surface area contributed by atoms with Gasteiger partial charge in [0.15, 0.2) is 5.78 Å². The number of amides is 2. The molecule has 1 saturated heterocycles. The minimum Gasteiger partial charge on any atom is -0.497 e. The number of carbonyl (C=O) groups excluding carboxylic acids is 3. The number of hydrogen-bond acceptors (Lipinski definition) is 4. The fourth-order valence-corrected chi connectivity index (χ4v) is 7.44. The fraction of sp³-hybridized carbons (Fsp3) is 0.281. The van der Waals surface area contributed by atoms with E-state index in [0.29, 0.717) is 24.3 Å². The highest BCUT2D eigenvalue weighted by molar-refractivity contribution is 6.34. The highest BCUT2D eigenvalue weighted by Crippen LogP contribution is 2.75. The van der Waals surface area contributed by atoms with Crippen molar-refractivity contribution in [2.45, 2.75) is 26.7 Å². The molecule has 1 aliphatic heterocycles. The molecule has 1 heterocycles. The fourth-order valence-electron chi connectivity index (χ4n) is 7.44. The summed E-state index contributed by atoms with van der Waals surface area (Å²) in [6, 6.07) is 26.8. The summed E-state index contributed by atoms with van der Waals surface area (Å²) >= 11 is 0. The Hall–Kier alpha value is -3.99. The van der Waals surface area contributed by atoms with E-state index in [0.717, 1.165) is 22.3 Å². The first-order chi connectivity index (χ1) is 18.0. The number of carbonyl (C=O) groups is 3. The van der Waals surface area contributed by atoms with Crippen LogP contribution in [-0.4, -0.2) is 24.7 Å². The third-order valence-corrected chi connectivity index (χ3v) is 8.89. The maximum atomic E-state index is 14.7. The second-order valence-corrected chi connectivity index (χ2v) is 10.1. The van der Waals surface area contributed by atoms with E-state index < -0.39 is 22.7 Å². The van der Waals surface area contributed by atoms with E-state index in [-0.39, 0.29) is 17.6 Å². The molecule has 6 rings (SSSR count). The largest absolute Gasteiger partial charge is 0.497 e. The molecule has 0 unspecified atom stereocenters. The second-order valence-electron chi connectivity index (χ2n) is 10.1. The van der Waals surface area contributed by atoms with Crippen LogP contribution in [0.5, 0.6) is 5.75 Å². The summed E-state index contributed by atoms with van der Waals surface area (Å²) in [5.74, 6) is -1.37. The molecule has 5 heteroatoms. The van der Waals surface area contributed by atoms with E-state index in [1.807, 2.05) is 74.5 Å². The van der Waals surface area contributed by atoms with Gasteiger partial charge in [-0.15, -0.1) is 0 Å². The zero-order valence-electron chi connectivity index (χ0n) is 21.2. The number of ether oxygens (including phenoxy) is 1. The van der Waals surface area contributed by atoms with Crippen molar-refractivity contribution in [2.24, 2.45) is 22.7 Å². The highest BCUT2D eigenvalue weighted by atomic mass is 16.5. The Morgan fingerprint density at radius 2 is 1.11 bits per heavy atom. The Morgan fingerprint density at radius 1 is 0.676 bits per heavy atom. The number of imide groups is 1. The van der Waals surface area contributed by atoms with Crippen LogP contribution in [0, 0.1) is 22.7 Å². The van der Waals surface area contributed by atoms with Crippen molar-refractivity contribution in [2.75, 3.05) is 12.0 Å². The number of benzene rings is 3. The van der Waals surface area contributed by atoms with Gasteiger partial charge in [0.1, 0.15) is 5.75 Å². The second kappa shape index (κ2) is 8.27. The molecule has 2 aliphatic carbocycles. The number of methoxy groups -OCH3 is 1. The molecule has 2 amide bonds. The van der Waals surface area contributed by atoms with Gasteiger partial charge in [-0.05, 0) is 59.4 Å². The quantitative estimate of drug-likeness (QED) is 0.409. The molecular formula is C32H29NO4. The predicted octanol–water partition coefficient (Wildman–Crippen LogP) is 5.80. The first kappa shape index (κ1) is 23.4. The molecule has 4 atom stereocenters. The van der Waals surface area contributed by atoms with E-state index in [9.17, 15) is 14.4 Å². The molecule has 2 fully saturated rings.